The van der Waals surface area contributed by atoms with E-state index in [2.05, 4.69) is 79.8 Å². The van der Waals surface area contributed by atoms with Crippen molar-refractivity contribution in [2.75, 3.05) is 13.2 Å². The Kier molecular flexibility index (Phi) is 5.37. The fraction of sp³-hybridized carbons (Fsp3) is 0.455. The molecule has 2 aromatic rings. The number of ether oxygens (including phenoxy) is 1. The smallest absolute Gasteiger partial charge is 0.101 e. The second-order valence-electron chi connectivity index (χ2n) is 7.70. The molecule has 1 saturated heterocycles. The number of hydrogen-bond acceptors (Lipinski definition) is 1. The van der Waals surface area contributed by atoms with Crippen molar-refractivity contribution in [1.82, 2.24) is 0 Å². The molecule has 1 aliphatic heterocycles. The van der Waals surface area contributed by atoms with Gasteiger partial charge in [-0.2, -0.15) is 0 Å². The normalized spacial score (nSPS) is 23.1. The zero-order valence-corrected chi connectivity index (χ0v) is 15.0. The van der Waals surface area contributed by atoms with Crippen LogP contribution < -0.4 is 5.32 Å². The molecule has 0 spiro atoms. The molecule has 3 rings (SSSR count). The summed E-state index contributed by atoms with van der Waals surface area (Å²) in [5.41, 5.74) is 3.09. The number of nitrogens with two attached hydrogens (primary N) is 1. The lowest BCUT2D eigenvalue weighted by molar-refractivity contribution is -0.672. The van der Waals surface area contributed by atoms with Crippen LogP contribution in [0.4, 0.5) is 0 Å². The van der Waals surface area contributed by atoms with Crippen LogP contribution in [0.5, 0.6) is 0 Å². The molecular weight excluding hydrogens is 294 g/mol. The van der Waals surface area contributed by atoms with Gasteiger partial charge in [-0.25, -0.2) is 0 Å². The van der Waals surface area contributed by atoms with Crippen LogP contribution in [0.3, 0.4) is 0 Å². The molecule has 128 valence electrons. The van der Waals surface area contributed by atoms with Crippen molar-refractivity contribution in [2.24, 2.45) is 0 Å². The van der Waals surface area contributed by atoms with Crippen LogP contribution >= 0.6 is 0 Å². The summed E-state index contributed by atoms with van der Waals surface area (Å²) in [4.78, 5) is 0. The standard InChI is InChI=1S/C22H29NO/c1-21(2)18-22(14-16-24-21,20-11-7-4-8-12-20)13-15-23-17-19-9-5-3-6-10-19/h3-12,23H,13-18H2,1-2H3/p+1/t22-/m1/s1. The number of quaternary nitrogens is 1. The van der Waals surface area contributed by atoms with Crippen molar-refractivity contribution in [3.63, 3.8) is 0 Å². The highest BCUT2D eigenvalue weighted by molar-refractivity contribution is 5.27. The molecule has 24 heavy (non-hydrogen) atoms. The van der Waals surface area contributed by atoms with E-state index >= 15 is 0 Å². The third-order valence-electron chi connectivity index (χ3n) is 5.27. The minimum absolute atomic E-state index is 0.0342. The molecular formula is C22H30NO+. The molecule has 2 N–H and O–H groups in total. The average molecular weight is 324 g/mol. The van der Waals surface area contributed by atoms with Crippen LogP contribution in [0.15, 0.2) is 60.7 Å². The van der Waals surface area contributed by atoms with Crippen LogP contribution in [-0.2, 0) is 16.7 Å². The zero-order chi connectivity index (χ0) is 16.9. The quantitative estimate of drug-likeness (QED) is 0.806. The molecule has 0 aromatic heterocycles. The topological polar surface area (TPSA) is 25.8 Å². The number of benzene rings is 2. The Morgan fingerprint density at radius 3 is 2.29 bits per heavy atom. The fourth-order valence-electron chi connectivity index (χ4n) is 4.13. The summed E-state index contributed by atoms with van der Waals surface area (Å²) in [6.45, 7) is 7.54. The highest BCUT2D eigenvalue weighted by Crippen LogP contribution is 2.43. The van der Waals surface area contributed by atoms with Gasteiger partial charge >= 0.3 is 0 Å². The summed E-state index contributed by atoms with van der Waals surface area (Å²) in [6, 6.07) is 21.8. The van der Waals surface area contributed by atoms with Gasteiger partial charge in [-0.05, 0) is 32.3 Å². The van der Waals surface area contributed by atoms with Gasteiger partial charge in [0.1, 0.15) is 6.54 Å². The Morgan fingerprint density at radius 2 is 1.62 bits per heavy atom. The van der Waals surface area contributed by atoms with E-state index in [9.17, 15) is 0 Å². The van der Waals surface area contributed by atoms with Crippen LogP contribution in [0.2, 0.25) is 0 Å². The van der Waals surface area contributed by atoms with Gasteiger partial charge in [0.15, 0.2) is 0 Å². The lowest BCUT2D eigenvalue weighted by Gasteiger charge is -2.45. The summed E-state index contributed by atoms with van der Waals surface area (Å²) >= 11 is 0. The maximum absolute atomic E-state index is 6.01. The molecule has 2 nitrogen and oxygen atoms in total. The van der Waals surface area contributed by atoms with E-state index < -0.39 is 0 Å². The lowest BCUT2D eigenvalue weighted by Crippen LogP contribution is -2.83. The summed E-state index contributed by atoms with van der Waals surface area (Å²) < 4.78 is 6.01. The first kappa shape index (κ1) is 17.2. The van der Waals surface area contributed by atoms with E-state index in [1.165, 1.54) is 17.5 Å². The van der Waals surface area contributed by atoms with E-state index in [1.54, 1.807) is 0 Å². The molecule has 1 atom stereocenters. The minimum Gasteiger partial charge on any atom is -0.376 e. The van der Waals surface area contributed by atoms with Crippen molar-refractivity contribution >= 4 is 0 Å². The van der Waals surface area contributed by atoms with Crippen LogP contribution in [0.25, 0.3) is 0 Å². The van der Waals surface area contributed by atoms with Gasteiger partial charge in [0, 0.05) is 24.0 Å². The Hall–Kier alpha value is -1.64. The second-order valence-corrected chi connectivity index (χ2v) is 7.70. The van der Waals surface area contributed by atoms with Crippen LogP contribution in [0.1, 0.15) is 44.2 Å². The largest absolute Gasteiger partial charge is 0.376 e. The van der Waals surface area contributed by atoms with Crippen LogP contribution in [-0.4, -0.2) is 18.8 Å². The first-order valence-corrected chi connectivity index (χ1v) is 9.15. The van der Waals surface area contributed by atoms with Crippen LogP contribution in [0, 0.1) is 0 Å². The van der Waals surface area contributed by atoms with Crippen molar-refractivity contribution in [1.29, 1.82) is 0 Å². The molecule has 0 unspecified atom stereocenters. The highest BCUT2D eigenvalue weighted by atomic mass is 16.5. The van der Waals surface area contributed by atoms with Crippen molar-refractivity contribution in [2.45, 2.75) is 50.7 Å². The second kappa shape index (κ2) is 7.50. The molecule has 1 aliphatic rings. The zero-order valence-electron chi connectivity index (χ0n) is 15.0. The predicted molar refractivity (Wildman–Crippen MR) is 98.9 cm³/mol. The van der Waals surface area contributed by atoms with Gasteiger partial charge in [0.05, 0.1) is 12.1 Å². The van der Waals surface area contributed by atoms with Gasteiger partial charge in [0.25, 0.3) is 0 Å². The predicted octanol–water partition coefficient (Wildman–Crippen LogP) is 3.67. The Bertz CT molecular complexity index is 623. The third-order valence-corrected chi connectivity index (χ3v) is 5.27. The summed E-state index contributed by atoms with van der Waals surface area (Å²) in [5, 5.41) is 2.45. The highest BCUT2D eigenvalue weighted by Gasteiger charge is 2.42. The van der Waals surface area contributed by atoms with Gasteiger partial charge < -0.3 is 10.1 Å². The molecule has 0 bridgehead atoms. The first-order valence-electron chi connectivity index (χ1n) is 9.15. The maximum atomic E-state index is 6.01. The molecule has 1 fully saturated rings. The van der Waals surface area contributed by atoms with E-state index in [4.69, 9.17) is 4.74 Å². The van der Waals surface area contributed by atoms with Gasteiger partial charge in [0.2, 0.25) is 0 Å². The van der Waals surface area contributed by atoms with Crippen molar-refractivity contribution in [3.05, 3.63) is 71.8 Å². The molecule has 2 aromatic carbocycles. The average Bonchev–Trinajstić information content (AvgIpc) is 2.60. The Labute approximate surface area is 146 Å². The Balaban J connectivity index is 1.67. The third kappa shape index (κ3) is 4.25. The Morgan fingerprint density at radius 1 is 0.958 bits per heavy atom. The molecule has 0 amide bonds. The molecule has 0 radical (unpaired) electrons. The molecule has 0 saturated carbocycles. The van der Waals surface area contributed by atoms with Gasteiger partial charge in [-0.15, -0.1) is 0 Å². The SMILES string of the molecule is CC1(C)C[C@](CC[NH2+]Cc2ccccc2)(c2ccccc2)CCO1. The number of rotatable bonds is 6. The van der Waals surface area contributed by atoms with E-state index in [0.29, 0.717) is 0 Å². The summed E-state index contributed by atoms with van der Waals surface area (Å²) in [7, 11) is 0. The molecule has 2 heteroatoms. The first-order chi connectivity index (χ1) is 11.6. The maximum Gasteiger partial charge on any atom is 0.101 e. The molecule has 0 aliphatic carbocycles. The fourth-order valence-corrected chi connectivity index (χ4v) is 4.13. The minimum atomic E-state index is -0.0342. The van der Waals surface area contributed by atoms with Crippen molar-refractivity contribution in [3.8, 4) is 0 Å². The summed E-state index contributed by atoms with van der Waals surface area (Å²) in [5.74, 6) is 0. The van der Waals surface area contributed by atoms with E-state index in [1.807, 2.05) is 0 Å². The van der Waals surface area contributed by atoms with Gasteiger partial charge in [-0.3, -0.25) is 0 Å². The van der Waals surface area contributed by atoms with E-state index in [-0.39, 0.29) is 11.0 Å². The van der Waals surface area contributed by atoms with Crippen molar-refractivity contribution < 1.29 is 10.1 Å². The number of hydrogen-bond donors (Lipinski definition) is 1. The monoisotopic (exact) mass is 324 g/mol. The summed E-state index contributed by atoms with van der Waals surface area (Å²) in [6.07, 6.45) is 3.43. The lowest BCUT2D eigenvalue weighted by atomic mass is 9.67. The van der Waals surface area contributed by atoms with E-state index in [0.717, 1.165) is 32.5 Å². The molecule has 1 heterocycles. The van der Waals surface area contributed by atoms with Gasteiger partial charge in [-0.1, -0.05) is 60.7 Å².